The van der Waals surface area contributed by atoms with Gasteiger partial charge in [-0.15, -0.1) is 0 Å². The van der Waals surface area contributed by atoms with Crippen molar-refractivity contribution in [2.45, 2.75) is 0 Å². The Morgan fingerprint density at radius 1 is 1.05 bits per heavy atom. The Morgan fingerprint density at radius 3 is 2.67 bits per heavy atom. The Morgan fingerprint density at radius 2 is 1.86 bits per heavy atom. The number of nitrogens with zero attached hydrogens (tertiary/aromatic N) is 3. The van der Waals surface area contributed by atoms with Gasteiger partial charge in [-0.05, 0) is 22.9 Å². The molecule has 3 aromatic rings. The molecule has 0 saturated heterocycles. The number of hydrogen-bond donors (Lipinski definition) is 1. The maximum absolute atomic E-state index is 9.01. The van der Waals surface area contributed by atoms with Crippen molar-refractivity contribution >= 4 is 16.7 Å². The number of benzene rings is 2. The van der Waals surface area contributed by atoms with Gasteiger partial charge < -0.3 is 10.0 Å². The number of aliphatic hydroxyl groups excluding tert-OH is 1. The van der Waals surface area contributed by atoms with Crippen LogP contribution in [0.2, 0.25) is 0 Å². The maximum Gasteiger partial charge on any atom is 0.225 e. The minimum atomic E-state index is 0.0834. The van der Waals surface area contributed by atoms with Gasteiger partial charge in [-0.25, -0.2) is 9.97 Å². The second-order valence-corrected chi connectivity index (χ2v) is 4.95. The minimum absolute atomic E-state index is 0.0834. The zero-order chi connectivity index (χ0) is 14.7. The number of aromatic nitrogens is 2. The van der Waals surface area contributed by atoms with Crippen molar-refractivity contribution in [3.05, 3.63) is 54.7 Å². The lowest BCUT2D eigenvalue weighted by atomic mass is 10.1. The summed E-state index contributed by atoms with van der Waals surface area (Å²) < 4.78 is 0. The third-order valence-corrected chi connectivity index (χ3v) is 3.46. The summed E-state index contributed by atoms with van der Waals surface area (Å²) in [6, 6.07) is 16.5. The van der Waals surface area contributed by atoms with Crippen molar-refractivity contribution < 1.29 is 5.11 Å². The van der Waals surface area contributed by atoms with Crippen LogP contribution in [0.15, 0.2) is 54.7 Å². The average molecular weight is 279 g/mol. The second-order valence-electron chi connectivity index (χ2n) is 4.95. The molecule has 21 heavy (non-hydrogen) atoms. The highest BCUT2D eigenvalue weighted by Gasteiger charge is 2.06. The largest absolute Gasteiger partial charge is 0.395 e. The van der Waals surface area contributed by atoms with Gasteiger partial charge in [-0.3, -0.25) is 0 Å². The highest BCUT2D eigenvalue weighted by Crippen LogP contribution is 2.23. The fraction of sp³-hybridized carbons (Fsp3) is 0.176. The van der Waals surface area contributed by atoms with Crippen LogP contribution in [0.1, 0.15) is 0 Å². The Balaban J connectivity index is 2.00. The standard InChI is InChI=1S/C17H17N3O/c1-20(10-11-21)17-18-9-8-16(19-17)15-7-6-13-4-2-3-5-14(13)12-15/h2-9,12,21H,10-11H2,1H3. The van der Waals surface area contributed by atoms with Crippen LogP contribution in [0.4, 0.5) is 5.95 Å². The van der Waals surface area contributed by atoms with Gasteiger partial charge in [-0.1, -0.05) is 36.4 Å². The van der Waals surface area contributed by atoms with Crippen LogP contribution >= 0.6 is 0 Å². The molecule has 0 fully saturated rings. The van der Waals surface area contributed by atoms with Crippen LogP contribution in [0.5, 0.6) is 0 Å². The number of hydrogen-bond acceptors (Lipinski definition) is 4. The molecule has 106 valence electrons. The first-order chi connectivity index (χ1) is 10.3. The van der Waals surface area contributed by atoms with Crippen molar-refractivity contribution in [1.82, 2.24) is 9.97 Å². The Kier molecular flexibility index (Phi) is 3.79. The molecule has 0 unspecified atom stereocenters. The number of anilines is 1. The molecule has 0 radical (unpaired) electrons. The number of aliphatic hydroxyl groups is 1. The molecule has 1 aromatic heterocycles. The zero-order valence-corrected chi connectivity index (χ0v) is 11.9. The molecule has 3 rings (SSSR count). The summed E-state index contributed by atoms with van der Waals surface area (Å²) in [5, 5.41) is 11.4. The molecule has 0 atom stereocenters. The molecule has 0 amide bonds. The third-order valence-electron chi connectivity index (χ3n) is 3.46. The summed E-state index contributed by atoms with van der Waals surface area (Å²) in [5.74, 6) is 0.620. The van der Waals surface area contributed by atoms with Crippen LogP contribution in [-0.2, 0) is 0 Å². The maximum atomic E-state index is 9.01. The predicted octanol–water partition coefficient (Wildman–Crippen LogP) is 2.73. The Hall–Kier alpha value is -2.46. The van der Waals surface area contributed by atoms with Crippen molar-refractivity contribution in [3.63, 3.8) is 0 Å². The molecule has 2 aromatic carbocycles. The van der Waals surface area contributed by atoms with E-state index in [-0.39, 0.29) is 6.61 Å². The van der Waals surface area contributed by atoms with Crippen molar-refractivity contribution in [2.24, 2.45) is 0 Å². The van der Waals surface area contributed by atoms with Crippen molar-refractivity contribution in [2.75, 3.05) is 25.1 Å². The average Bonchev–Trinajstić information content (AvgIpc) is 2.55. The van der Waals surface area contributed by atoms with Crippen LogP contribution < -0.4 is 4.90 Å². The zero-order valence-electron chi connectivity index (χ0n) is 11.9. The van der Waals surface area contributed by atoms with Crippen molar-refractivity contribution in [3.8, 4) is 11.3 Å². The van der Waals surface area contributed by atoms with E-state index in [1.54, 1.807) is 6.20 Å². The first-order valence-electron chi connectivity index (χ1n) is 6.92. The van der Waals surface area contributed by atoms with E-state index in [4.69, 9.17) is 5.11 Å². The topological polar surface area (TPSA) is 49.2 Å². The van der Waals surface area contributed by atoms with E-state index in [1.165, 1.54) is 10.8 Å². The molecule has 0 aliphatic carbocycles. The van der Waals surface area contributed by atoms with E-state index in [1.807, 2.05) is 30.1 Å². The SMILES string of the molecule is CN(CCO)c1nccc(-c2ccc3ccccc3c2)n1. The number of rotatable bonds is 4. The molecule has 0 aliphatic heterocycles. The van der Waals surface area contributed by atoms with Gasteiger partial charge in [0.15, 0.2) is 0 Å². The van der Waals surface area contributed by atoms with Gasteiger partial charge in [0, 0.05) is 25.4 Å². The van der Waals surface area contributed by atoms with E-state index >= 15 is 0 Å². The summed E-state index contributed by atoms with van der Waals surface area (Å²) in [6.07, 6.45) is 1.75. The summed E-state index contributed by atoms with van der Waals surface area (Å²) >= 11 is 0. The van der Waals surface area contributed by atoms with E-state index in [9.17, 15) is 0 Å². The molecule has 1 N–H and O–H groups in total. The van der Waals surface area contributed by atoms with Crippen LogP contribution in [-0.4, -0.2) is 35.3 Å². The molecule has 4 nitrogen and oxygen atoms in total. The molecular weight excluding hydrogens is 262 g/mol. The normalized spacial score (nSPS) is 10.8. The summed E-state index contributed by atoms with van der Waals surface area (Å²) in [6.45, 7) is 0.598. The van der Waals surface area contributed by atoms with Gasteiger partial charge in [0.25, 0.3) is 0 Å². The fourth-order valence-corrected chi connectivity index (χ4v) is 2.29. The lowest BCUT2D eigenvalue weighted by Crippen LogP contribution is -2.23. The van der Waals surface area contributed by atoms with E-state index in [0.29, 0.717) is 12.5 Å². The highest BCUT2D eigenvalue weighted by atomic mass is 16.3. The monoisotopic (exact) mass is 279 g/mol. The summed E-state index contributed by atoms with van der Waals surface area (Å²) in [5.41, 5.74) is 1.95. The third kappa shape index (κ3) is 2.85. The fourth-order valence-electron chi connectivity index (χ4n) is 2.29. The smallest absolute Gasteiger partial charge is 0.225 e. The first kappa shape index (κ1) is 13.5. The molecule has 4 heteroatoms. The van der Waals surface area contributed by atoms with Crippen molar-refractivity contribution in [1.29, 1.82) is 0 Å². The summed E-state index contributed by atoms with van der Waals surface area (Å²) in [4.78, 5) is 10.7. The molecule has 0 bridgehead atoms. The number of likely N-dealkylation sites (N-methyl/N-ethyl adjacent to an activating group) is 1. The lowest BCUT2D eigenvalue weighted by molar-refractivity contribution is 0.303. The van der Waals surface area contributed by atoms with E-state index < -0.39 is 0 Å². The van der Waals surface area contributed by atoms with E-state index in [0.717, 1.165) is 11.3 Å². The lowest BCUT2D eigenvalue weighted by Gasteiger charge is -2.15. The molecule has 1 heterocycles. The van der Waals surface area contributed by atoms with Gasteiger partial charge in [0.2, 0.25) is 5.95 Å². The Bertz CT molecular complexity index is 758. The summed E-state index contributed by atoms with van der Waals surface area (Å²) in [7, 11) is 1.87. The van der Waals surface area contributed by atoms with Crippen LogP contribution in [0.25, 0.3) is 22.0 Å². The van der Waals surface area contributed by atoms with Gasteiger partial charge in [0.1, 0.15) is 0 Å². The van der Waals surface area contributed by atoms with Gasteiger partial charge >= 0.3 is 0 Å². The quantitative estimate of drug-likeness (QED) is 0.798. The molecule has 0 saturated carbocycles. The van der Waals surface area contributed by atoms with Crippen LogP contribution in [0.3, 0.4) is 0 Å². The molecule has 0 spiro atoms. The molecular formula is C17H17N3O. The highest BCUT2D eigenvalue weighted by molar-refractivity contribution is 5.86. The second kappa shape index (κ2) is 5.89. The minimum Gasteiger partial charge on any atom is -0.395 e. The predicted molar refractivity (Wildman–Crippen MR) is 85.3 cm³/mol. The van der Waals surface area contributed by atoms with Gasteiger partial charge in [0.05, 0.1) is 12.3 Å². The van der Waals surface area contributed by atoms with Crippen LogP contribution in [0, 0.1) is 0 Å². The van der Waals surface area contributed by atoms with Gasteiger partial charge in [-0.2, -0.15) is 0 Å². The van der Waals surface area contributed by atoms with E-state index in [2.05, 4.69) is 40.3 Å². The molecule has 0 aliphatic rings. The Labute approximate surface area is 123 Å². The number of fused-ring (bicyclic) bond motifs is 1. The first-order valence-corrected chi connectivity index (χ1v) is 6.92.